The van der Waals surface area contributed by atoms with Gasteiger partial charge in [0.05, 0.1) is 13.0 Å². The molecule has 3 amide bonds. The third-order valence-electron chi connectivity index (χ3n) is 4.48. The molecule has 2 rings (SSSR count). The number of anilines is 1. The summed E-state index contributed by atoms with van der Waals surface area (Å²) in [5.41, 5.74) is 6.76. The van der Waals surface area contributed by atoms with Gasteiger partial charge in [0.15, 0.2) is 5.84 Å². The lowest BCUT2D eigenvalue weighted by Gasteiger charge is -2.18. The summed E-state index contributed by atoms with van der Waals surface area (Å²) in [6.07, 6.45) is -0.770. The van der Waals surface area contributed by atoms with Crippen molar-refractivity contribution in [1.82, 2.24) is 10.6 Å². The van der Waals surface area contributed by atoms with E-state index < -0.39 is 34.6 Å². The van der Waals surface area contributed by atoms with Crippen LogP contribution in [0.4, 0.5) is 15.3 Å². The monoisotopic (exact) mass is 551 g/mol. The standard InChI is InChI=1S/C20H24Cl3N5O7/c1-2-33-15(29)7-9-25-18(31)26-14-8-10-28(17(14)30)13-5-3-12(4-6-13)16(24)27-35-19(32)34-11-20(21,22)23/h3-6,14H,2,7-11H2,1H3,(H2,24,27)(H2,25,26,31). The maximum absolute atomic E-state index is 12.7. The number of hydrogen-bond donors (Lipinski definition) is 3. The average molecular weight is 553 g/mol. The van der Waals surface area contributed by atoms with Gasteiger partial charge < -0.3 is 30.7 Å². The molecule has 1 unspecified atom stereocenters. The average Bonchev–Trinajstić information content (AvgIpc) is 3.15. The Morgan fingerprint density at radius 3 is 2.51 bits per heavy atom. The van der Waals surface area contributed by atoms with Crippen molar-refractivity contribution >= 4 is 70.4 Å². The van der Waals surface area contributed by atoms with Crippen molar-refractivity contribution in [2.75, 3.05) is 31.2 Å². The number of benzene rings is 1. The molecule has 1 aliphatic rings. The predicted molar refractivity (Wildman–Crippen MR) is 128 cm³/mol. The number of ether oxygens (including phenoxy) is 2. The largest absolute Gasteiger partial charge is 0.535 e. The van der Waals surface area contributed by atoms with Gasteiger partial charge >= 0.3 is 18.2 Å². The number of esters is 1. The van der Waals surface area contributed by atoms with Crippen LogP contribution in [0.25, 0.3) is 0 Å². The van der Waals surface area contributed by atoms with Crippen LogP contribution in [0.2, 0.25) is 0 Å². The molecule has 0 saturated carbocycles. The summed E-state index contributed by atoms with van der Waals surface area (Å²) in [5, 5.41) is 8.56. The minimum absolute atomic E-state index is 0.0337. The Hall–Kier alpha value is -2.96. The van der Waals surface area contributed by atoms with Gasteiger partial charge in [0.25, 0.3) is 0 Å². The molecule has 0 aromatic heterocycles. The molecule has 1 aromatic carbocycles. The molecule has 1 heterocycles. The Labute approximate surface area is 215 Å². The molecule has 1 aliphatic heterocycles. The van der Waals surface area contributed by atoms with Gasteiger partial charge in [-0.3, -0.25) is 14.4 Å². The van der Waals surface area contributed by atoms with Gasteiger partial charge in [-0.05, 0) is 37.6 Å². The molecule has 1 aromatic rings. The van der Waals surface area contributed by atoms with Crippen LogP contribution in [-0.4, -0.2) is 66.0 Å². The first-order valence-corrected chi connectivity index (χ1v) is 11.5. The highest BCUT2D eigenvalue weighted by Crippen LogP contribution is 2.26. The number of carbonyl (C=O) groups is 4. The zero-order valence-corrected chi connectivity index (χ0v) is 20.9. The number of amides is 3. The normalized spacial score (nSPS) is 16.0. The third kappa shape index (κ3) is 9.67. The number of alkyl halides is 3. The topological polar surface area (TPSA) is 162 Å². The van der Waals surface area contributed by atoms with Crippen LogP contribution >= 0.6 is 34.8 Å². The van der Waals surface area contributed by atoms with Crippen molar-refractivity contribution in [3.8, 4) is 0 Å². The van der Waals surface area contributed by atoms with Crippen molar-refractivity contribution in [2.24, 2.45) is 10.9 Å². The molecule has 0 aliphatic carbocycles. The van der Waals surface area contributed by atoms with Gasteiger partial charge in [0.1, 0.15) is 12.6 Å². The second kappa shape index (κ2) is 13.2. The molecule has 1 fully saturated rings. The van der Waals surface area contributed by atoms with Gasteiger partial charge in [-0.1, -0.05) is 40.0 Å². The molecule has 0 radical (unpaired) electrons. The van der Waals surface area contributed by atoms with Gasteiger partial charge in [0, 0.05) is 24.3 Å². The minimum Gasteiger partial charge on any atom is -0.466 e. The summed E-state index contributed by atoms with van der Waals surface area (Å²) in [4.78, 5) is 53.4. The fourth-order valence-electron chi connectivity index (χ4n) is 2.91. The smallest absolute Gasteiger partial charge is 0.466 e. The van der Waals surface area contributed by atoms with E-state index in [9.17, 15) is 19.2 Å². The fourth-order valence-corrected chi connectivity index (χ4v) is 3.07. The van der Waals surface area contributed by atoms with E-state index in [-0.39, 0.29) is 31.3 Å². The number of amidine groups is 1. The van der Waals surface area contributed by atoms with E-state index in [1.54, 1.807) is 31.2 Å². The van der Waals surface area contributed by atoms with Crippen LogP contribution in [0, 0.1) is 0 Å². The quantitative estimate of drug-likeness (QED) is 0.105. The Morgan fingerprint density at radius 1 is 1.20 bits per heavy atom. The van der Waals surface area contributed by atoms with E-state index in [0.717, 1.165) is 0 Å². The van der Waals surface area contributed by atoms with Crippen LogP contribution < -0.4 is 21.3 Å². The zero-order chi connectivity index (χ0) is 26.0. The van der Waals surface area contributed by atoms with Crippen molar-refractivity contribution in [1.29, 1.82) is 0 Å². The predicted octanol–water partition coefficient (Wildman–Crippen LogP) is 2.19. The summed E-state index contributed by atoms with van der Waals surface area (Å²) in [6, 6.07) is 5.12. The molecular formula is C20H24Cl3N5O7. The first-order valence-electron chi connectivity index (χ1n) is 10.4. The summed E-state index contributed by atoms with van der Waals surface area (Å²) in [7, 11) is 0. The molecule has 192 valence electrons. The number of nitrogens with one attached hydrogen (secondary N) is 2. The van der Waals surface area contributed by atoms with E-state index in [2.05, 4.69) is 25.4 Å². The number of nitrogens with two attached hydrogens (primary N) is 1. The Morgan fingerprint density at radius 2 is 1.89 bits per heavy atom. The Bertz CT molecular complexity index is 953. The zero-order valence-electron chi connectivity index (χ0n) is 18.6. The fraction of sp³-hybridized carbons (Fsp3) is 0.450. The van der Waals surface area contributed by atoms with E-state index in [1.807, 2.05) is 0 Å². The molecule has 12 nitrogen and oxygen atoms in total. The van der Waals surface area contributed by atoms with Gasteiger partial charge in [0.2, 0.25) is 9.70 Å². The number of urea groups is 1. The van der Waals surface area contributed by atoms with Crippen molar-refractivity contribution < 1.29 is 33.5 Å². The molecule has 4 N–H and O–H groups in total. The van der Waals surface area contributed by atoms with Crippen LogP contribution in [0.3, 0.4) is 0 Å². The molecule has 35 heavy (non-hydrogen) atoms. The lowest BCUT2D eigenvalue weighted by atomic mass is 10.2. The maximum Gasteiger partial charge on any atom is 0.535 e. The van der Waals surface area contributed by atoms with E-state index >= 15 is 0 Å². The van der Waals surface area contributed by atoms with Crippen molar-refractivity contribution in [3.05, 3.63) is 29.8 Å². The number of oxime groups is 1. The van der Waals surface area contributed by atoms with E-state index in [1.165, 1.54) is 4.90 Å². The summed E-state index contributed by atoms with van der Waals surface area (Å²) >= 11 is 16.4. The van der Waals surface area contributed by atoms with Crippen molar-refractivity contribution in [2.45, 2.75) is 29.6 Å². The van der Waals surface area contributed by atoms with Crippen LogP contribution in [0.1, 0.15) is 25.3 Å². The first-order chi connectivity index (χ1) is 16.5. The van der Waals surface area contributed by atoms with Gasteiger partial charge in [-0.25, -0.2) is 9.59 Å². The molecule has 0 spiro atoms. The lowest BCUT2D eigenvalue weighted by molar-refractivity contribution is -0.142. The second-order valence-corrected chi connectivity index (χ2v) is 9.57. The highest BCUT2D eigenvalue weighted by Gasteiger charge is 2.33. The van der Waals surface area contributed by atoms with Gasteiger partial charge in [-0.2, -0.15) is 0 Å². The van der Waals surface area contributed by atoms with E-state index in [4.69, 9.17) is 45.3 Å². The number of carbonyl (C=O) groups excluding carboxylic acids is 4. The Balaban J connectivity index is 1.85. The minimum atomic E-state index is -1.79. The number of hydrogen-bond acceptors (Lipinski definition) is 8. The van der Waals surface area contributed by atoms with Crippen molar-refractivity contribution in [3.63, 3.8) is 0 Å². The summed E-state index contributed by atoms with van der Waals surface area (Å²) < 4.78 is 7.54. The summed E-state index contributed by atoms with van der Waals surface area (Å²) in [5.74, 6) is -0.842. The number of rotatable bonds is 9. The Kier molecular flexibility index (Phi) is 10.7. The molecule has 0 bridgehead atoms. The highest BCUT2D eigenvalue weighted by atomic mass is 35.6. The van der Waals surface area contributed by atoms with Gasteiger partial charge in [-0.15, -0.1) is 0 Å². The number of halogens is 3. The summed E-state index contributed by atoms with van der Waals surface area (Å²) in [6.45, 7) is 1.90. The van der Waals surface area contributed by atoms with Crippen LogP contribution in [0.15, 0.2) is 29.4 Å². The highest BCUT2D eigenvalue weighted by molar-refractivity contribution is 6.67. The molecule has 1 saturated heterocycles. The maximum atomic E-state index is 12.7. The molecular weight excluding hydrogens is 529 g/mol. The van der Waals surface area contributed by atoms with E-state index in [0.29, 0.717) is 24.2 Å². The second-order valence-electron chi connectivity index (χ2n) is 7.05. The van der Waals surface area contributed by atoms with Crippen LogP contribution in [0.5, 0.6) is 0 Å². The third-order valence-corrected chi connectivity index (χ3v) is 4.81. The SMILES string of the molecule is CCOC(=O)CCNC(=O)NC1CCN(c2ccc(/C(N)=N/OC(=O)OCC(Cl)(Cl)Cl)cc2)C1=O. The molecule has 15 heteroatoms. The lowest BCUT2D eigenvalue weighted by Crippen LogP contribution is -2.46. The first kappa shape index (κ1) is 28.3. The van der Waals surface area contributed by atoms with Crippen LogP contribution in [-0.2, 0) is 23.9 Å². The number of nitrogens with zero attached hydrogens (tertiary/aromatic N) is 2. The molecule has 1 atom stereocenters.